The summed E-state index contributed by atoms with van der Waals surface area (Å²) >= 11 is 0. The molecular weight excluding hydrogens is 529 g/mol. The number of rotatable bonds is 10. The van der Waals surface area contributed by atoms with Gasteiger partial charge in [-0.3, -0.25) is 9.09 Å². The van der Waals surface area contributed by atoms with E-state index in [-0.39, 0.29) is 5.82 Å². The zero-order valence-electron chi connectivity index (χ0n) is 19.0. The molecule has 1 aromatic heterocycles. The molecule has 1 aromatic rings. The van der Waals surface area contributed by atoms with Gasteiger partial charge < -0.3 is 55.8 Å². The molecule has 0 aromatic carbocycles. The van der Waals surface area contributed by atoms with E-state index in [1.165, 1.54) is 6.07 Å². The number of nitrogens with two attached hydrogens (primary N) is 1. The van der Waals surface area contributed by atoms with E-state index in [2.05, 4.69) is 4.98 Å². The SMILES string of the molecule is Nc1ccn([C@@H]2O[C@H](COP(=O)(O)O[C@@]3(C(=O)O)CC(O)[C@@H](O)C(C[C@H](O)CO)O3)[C@H](O)C2O)c(=O)n1. The van der Waals surface area contributed by atoms with Gasteiger partial charge in [-0.2, -0.15) is 4.98 Å². The zero-order valence-corrected chi connectivity index (χ0v) is 19.9. The van der Waals surface area contributed by atoms with E-state index in [4.69, 9.17) is 29.4 Å². The van der Waals surface area contributed by atoms with E-state index >= 15 is 0 Å². The number of anilines is 1. The molecule has 2 saturated heterocycles. The minimum absolute atomic E-state index is 0.115. The number of hydrogen-bond donors (Lipinski definition) is 9. The first kappa shape index (κ1) is 29.5. The Hall–Kier alpha value is -2.06. The van der Waals surface area contributed by atoms with Crippen molar-refractivity contribution in [2.75, 3.05) is 18.9 Å². The summed E-state index contributed by atoms with van der Waals surface area (Å²) in [5.41, 5.74) is 4.48. The number of carboxylic acid groups (broad SMARTS) is 1. The van der Waals surface area contributed by atoms with Crippen molar-refractivity contribution in [2.45, 2.75) is 67.6 Å². The van der Waals surface area contributed by atoms with Crippen molar-refractivity contribution in [1.82, 2.24) is 9.55 Å². The number of phosphoric ester groups is 1. The van der Waals surface area contributed by atoms with Crippen molar-refractivity contribution in [3.05, 3.63) is 22.7 Å². The first-order chi connectivity index (χ1) is 17.2. The van der Waals surface area contributed by atoms with Crippen LogP contribution < -0.4 is 11.4 Å². The van der Waals surface area contributed by atoms with E-state index in [0.717, 1.165) is 10.8 Å². The molecule has 10 atom stereocenters. The van der Waals surface area contributed by atoms with E-state index in [9.17, 15) is 49.7 Å². The van der Waals surface area contributed by atoms with Crippen LogP contribution in [0.5, 0.6) is 0 Å². The molecule has 3 heterocycles. The predicted octanol–water partition coefficient (Wildman–Crippen LogP) is -4.39. The van der Waals surface area contributed by atoms with Gasteiger partial charge in [0.15, 0.2) is 6.23 Å². The molecular formula is C18H28N3O15P. The van der Waals surface area contributed by atoms with Gasteiger partial charge in [0.1, 0.15) is 30.2 Å². The Morgan fingerprint density at radius 1 is 1.27 bits per heavy atom. The van der Waals surface area contributed by atoms with E-state index < -0.39 is 100 Å². The van der Waals surface area contributed by atoms with Crippen LogP contribution in [0, 0.1) is 0 Å². The second-order valence-corrected chi connectivity index (χ2v) is 9.87. The molecule has 0 amide bonds. The highest BCUT2D eigenvalue weighted by molar-refractivity contribution is 7.47. The number of carbonyl (C=O) groups is 1. The van der Waals surface area contributed by atoms with Crippen LogP contribution in [-0.2, 0) is 27.9 Å². The van der Waals surface area contributed by atoms with Crippen molar-refractivity contribution in [2.24, 2.45) is 0 Å². The first-order valence-corrected chi connectivity index (χ1v) is 12.3. The Kier molecular flexibility index (Phi) is 9.05. The van der Waals surface area contributed by atoms with Crippen molar-refractivity contribution in [3.8, 4) is 0 Å². The third-order valence-electron chi connectivity index (χ3n) is 5.76. The van der Waals surface area contributed by atoms with Gasteiger partial charge >= 0.3 is 19.5 Å². The molecule has 10 N–H and O–H groups in total. The van der Waals surface area contributed by atoms with Gasteiger partial charge in [-0.1, -0.05) is 0 Å². The number of aliphatic hydroxyl groups is 6. The van der Waals surface area contributed by atoms with Crippen LogP contribution in [0.15, 0.2) is 17.1 Å². The van der Waals surface area contributed by atoms with Crippen molar-refractivity contribution >= 4 is 19.6 Å². The lowest BCUT2D eigenvalue weighted by Gasteiger charge is -2.43. The van der Waals surface area contributed by atoms with Crippen LogP contribution in [0.2, 0.25) is 0 Å². The molecule has 0 saturated carbocycles. The monoisotopic (exact) mass is 557 g/mol. The summed E-state index contributed by atoms with van der Waals surface area (Å²) < 4.78 is 33.4. The molecule has 0 radical (unpaired) electrons. The van der Waals surface area contributed by atoms with Gasteiger partial charge in [-0.25, -0.2) is 18.7 Å². The smallest absolute Gasteiger partial charge is 0.475 e. The summed E-state index contributed by atoms with van der Waals surface area (Å²) in [7, 11) is -5.38. The standard InChI is InChI=1S/C18H28N3O15P/c19-11-1-2-21(17(30)20-11)15-14(27)13(26)10(34-15)6-33-37(31,32)36-18(16(28)29)4-8(24)12(25)9(35-18)3-7(23)5-22/h1-2,7-10,12-15,22-27H,3-6H2,(H,28,29)(H,31,32)(H2,19,20,30)/t7-,8?,9?,10+,12+,13-,14?,15+,18+/m0/s1. The minimum atomic E-state index is -5.38. The Bertz CT molecular complexity index is 1070. The lowest BCUT2D eigenvalue weighted by atomic mass is 9.92. The van der Waals surface area contributed by atoms with Crippen LogP contribution >= 0.6 is 7.82 Å². The van der Waals surface area contributed by atoms with Crippen LogP contribution in [0.25, 0.3) is 0 Å². The number of aromatic nitrogens is 2. The number of aliphatic carboxylic acids is 1. The van der Waals surface area contributed by atoms with Gasteiger partial charge in [-0.15, -0.1) is 0 Å². The quantitative estimate of drug-likeness (QED) is 0.123. The molecule has 0 spiro atoms. The predicted molar refractivity (Wildman–Crippen MR) is 115 cm³/mol. The number of ether oxygens (including phenoxy) is 2. The molecule has 37 heavy (non-hydrogen) atoms. The highest BCUT2D eigenvalue weighted by Crippen LogP contribution is 2.51. The number of aliphatic hydroxyl groups excluding tert-OH is 6. The van der Waals surface area contributed by atoms with E-state index in [1.54, 1.807) is 0 Å². The molecule has 18 nitrogen and oxygen atoms in total. The zero-order chi connectivity index (χ0) is 27.7. The van der Waals surface area contributed by atoms with Crippen molar-refractivity contribution in [3.63, 3.8) is 0 Å². The second kappa shape index (κ2) is 11.4. The normalized spacial score (nSPS) is 36.7. The molecule has 0 bridgehead atoms. The van der Waals surface area contributed by atoms with Crippen molar-refractivity contribution < 1.29 is 68.5 Å². The van der Waals surface area contributed by atoms with Gasteiger partial charge in [0.05, 0.1) is 31.5 Å². The Morgan fingerprint density at radius 2 is 1.95 bits per heavy atom. The second-order valence-electron chi connectivity index (χ2n) is 8.49. The molecule has 3 rings (SSSR count). The van der Waals surface area contributed by atoms with Crippen LogP contribution in [0.4, 0.5) is 5.82 Å². The Balaban J connectivity index is 1.72. The third-order valence-corrected chi connectivity index (χ3v) is 6.76. The van der Waals surface area contributed by atoms with Gasteiger partial charge in [0.2, 0.25) is 0 Å². The number of phosphoric acid groups is 1. The Morgan fingerprint density at radius 3 is 2.54 bits per heavy atom. The molecule has 2 aliphatic heterocycles. The average Bonchev–Trinajstić information content (AvgIpc) is 3.09. The fourth-order valence-corrected chi connectivity index (χ4v) is 4.82. The van der Waals surface area contributed by atoms with E-state index in [1.807, 2.05) is 0 Å². The first-order valence-electron chi connectivity index (χ1n) is 10.8. The molecule has 2 aliphatic rings. The van der Waals surface area contributed by atoms with Crippen molar-refractivity contribution in [1.29, 1.82) is 0 Å². The maximum Gasteiger partial charge on any atom is 0.475 e. The summed E-state index contributed by atoms with van der Waals surface area (Å²) in [6, 6.07) is 1.22. The molecule has 19 heteroatoms. The topological polar surface area (TPSA) is 294 Å². The fourth-order valence-electron chi connectivity index (χ4n) is 3.87. The minimum Gasteiger partial charge on any atom is -0.477 e. The number of hydrogen-bond acceptors (Lipinski definition) is 15. The van der Waals surface area contributed by atoms with Gasteiger partial charge in [0, 0.05) is 19.0 Å². The maximum atomic E-state index is 12.6. The highest BCUT2D eigenvalue weighted by Gasteiger charge is 2.56. The van der Waals surface area contributed by atoms with Gasteiger partial charge in [-0.05, 0) is 6.07 Å². The summed E-state index contributed by atoms with van der Waals surface area (Å²) in [6.45, 7) is -1.74. The lowest BCUT2D eigenvalue weighted by molar-refractivity contribution is -0.291. The number of nitrogens with zero attached hydrogens (tertiary/aromatic N) is 2. The van der Waals surface area contributed by atoms with Crippen LogP contribution in [0.3, 0.4) is 0 Å². The van der Waals surface area contributed by atoms with Crippen LogP contribution in [-0.4, -0.2) is 118 Å². The maximum absolute atomic E-state index is 12.6. The van der Waals surface area contributed by atoms with Crippen LogP contribution in [0.1, 0.15) is 19.1 Å². The average molecular weight is 557 g/mol. The number of carboxylic acids is 1. The largest absolute Gasteiger partial charge is 0.477 e. The lowest BCUT2D eigenvalue weighted by Crippen LogP contribution is -2.59. The molecule has 0 aliphatic carbocycles. The fraction of sp³-hybridized carbons (Fsp3) is 0.722. The molecule has 4 unspecified atom stereocenters. The summed E-state index contributed by atoms with van der Waals surface area (Å²) in [5.74, 6) is -5.12. The highest BCUT2D eigenvalue weighted by atomic mass is 31.2. The Labute approximate surface area is 207 Å². The summed E-state index contributed by atoms with van der Waals surface area (Å²) in [6.07, 6.45) is -13.6. The molecule has 2 fully saturated rings. The van der Waals surface area contributed by atoms with E-state index in [0.29, 0.717) is 0 Å². The summed E-state index contributed by atoms with van der Waals surface area (Å²) in [5, 5.41) is 68.9. The third kappa shape index (κ3) is 6.51. The number of nitrogen functional groups attached to an aromatic ring is 1. The molecule has 210 valence electrons. The summed E-state index contributed by atoms with van der Waals surface area (Å²) in [4.78, 5) is 37.6. The van der Waals surface area contributed by atoms with Gasteiger partial charge in [0.25, 0.3) is 5.79 Å².